The van der Waals surface area contributed by atoms with Gasteiger partial charge in [0.2, 0.25) is 12.7 Å². The summed E-state index contributed by atoms with van der Waals surface area (Å²) in [6.45, 7) is 4.88. The number of carbonyl (C=O) groups excluding carboxylic acids is 2. The third-order valence-corrected chi connectivity index (χ3v) is 5.36. The molecule has 2 aromatic carbocycles. The van der Waals surface area contributed by atoms with Crippen molar-refractivity contribution >= 4 is 11.8 Å². The van der Waals surface area contributed by atoms with E-state index in [1.165, 1.54) is 5.56 Å². The first-order chi connectivity index (χ1) is 14.6. The maximum Gasteiger partial charge on any atom is 0.254 e. The fourth-order valence-corrected chi connectivity index (χ4v) is 3.58. The standard InChI is InChI=1S/C23H26N2O5/c1-17-4-7-19(8-5-17)28-14-2-3-22(26)24-10-12-25(13-11-24)23(27)18-6-9-20-21(15-18)30-16-29-20/h4-9,15H,2-3,10-14,16H2,1H3. The molecule has 7 nitrogen and oxygen atoms in total. The van der Waals surface area contributed by atoms with Gasteiger partial charge < -0.3 is 24.0 Å². The lowest BCUT2D eigenvalue weighted by molar-refractivity contribution is -0.132. The van der Waals surface area contributed by atoms with Crippen LogP contribution in [0.3, 0.4) is 0 Å². The van der Waals surface area contributed by atoms with Crippen LogP contribution in [0.4, 0.5) is 0 Å². The Morgan fingerprint density at radius 2 is 1.63 bits per heavy atom. The van der Waals surface area contributed by atoms with Gasteiger partial charge in [-0.05, 0) is 43.7 Å². The van der Waals surface area contributed by atoms with Gasteiger partial charge in [0.25, 0.3) is 5.91 Å². The molecule has 0 atom stereocenters. The van der Waals surface area contributed by atoms with Crippen LogP contribution < -0.4 is 14.2 Å². The van der Waals surface area contributed by atoms with Gasteiger partial charge in [-0.1, -0.05) is 17.7 Å². The van der Waals surface area contributed by atoms with E-state index in [9.17, 15) is 9.59 Å². The zero-order valence-electron chi connectivity index (χ0n) is 17.1. The van der Waals surface area contributed by atoms with Gasteiger partial charge in [-0.3, -0.25) is 9.59 Å². The summed E-state index contributed by atoms with van der Waals surface area (Å²) in [5, 5.41) is 0. The van der Waals surface area contributed by atoms with E-state index in [0.717, 1.165) is 5.75 Å². The summed E-state index contributed by atoms with van der Waals surface area (Å²) >= 11 is 0. The summed E-state index contributed by atoms with van der Waals surface area (Å²) in [5.41, 5.74) is 1.76. The predicted octanol–water partition coefficient (Wildman–Crippen LogP) is 2.87. The van der Waals surface area contributed by atoms with Crippen LogP contribution in [-0.4, -0.2) is 61.2 Å². The molecule has 0 unspecified atom stereocenters. The highest BCUT2D eigenvalue weighted by atomic mass is 16.7. The number of benzene rings is 2. The van der Waals surface area contributed by atoms with Crippen LogP contribution in [0.5, 0.6) is 17.2 Å². The maximum absolute atomic E-state index is 12.8. The van der Waals surface area contributed by atoms with E-state index in [1.807, 2.05) is 36.1 Å². The smallest absolute Gasteiger partial charge is 0.254 e. The Hall–Kier alpha value is -3.22. The Bertz CT molecular complexity index is 904. The van der Waals surface area contributed by atoms with Gasteiger partial charge in [-0.2, -0.15) is 0 Å². The second kappa shape index (κ2) is 9.07. The van der Waals surface area contributed by atoms with Crippen LogP contribution in [0.1, 0.15) is 28.8 Å². The molecule has 0 aromatic heterocycles. The number of carbonyl (C=O) groups is 2. The van der Waals surface area contributed by atoms with Crippen molar-refractivity contribution in [2.45, 2.75) is 19.8 Å². The van der Waals surface area contributed by atoms with Crippen LogP contribution in [-0.2, 0) is 4.79 Å². The van der Waals surface area contributed by atoms with Crippen LogP contribution >= 0.6 is 0 Å². The zero-order chi connectivity index (χ0) is 20.9. The minimum absolute atomic E-state index is 0.0492. The molecule has 0 spiro atoms. The highest BCUT2D eigenvalue weighted by Crippen LogP contribution is 2.32. The van der Waals surface area contributed by atoms with Crippen molar-refractivity contribution in [3.63, 3.8) is 0 Å². The normalized spacial score (nSPS) is 15.2. The van der Waals surface area contributed by atoms with Gasteiger partial charge in [0.1, 0.15) is 5.75 Å². The number of amides is 2. The number of hydrogen-bond acceptors (Lipinski definition) is 5. The SMILES string of the molecule is Cc1ccc(OCCCC(=O)N2CCN(C(=O)c3ccc4c(c3)OCO4)CC2)cc1. The Morgan fingerprint density at radius 3 is 2.40 bits per heavy atom. The molecule has 0 saturated carbocycles. The number of hydrogen-bond donors (Lipinski definition) is 0. The van der Waals surface area contributed by atoms with E-state index in [4.69, 9.17) is 14.2 Å². The van der Waals surface area contributed by atoms with Gasteiger partial charge >= 0.3 is 0 Å². The minimum Gasteiger partial charge on any atom is -0.494 e. The highest BCUT2D eigenvalue weighted by molar-refractivity contribution is 5.95. The average Bonchev–Trinajstić information content (AvgIpc) is 3.25. The first kappa shape index (κ1) is 20.1. The Labute approximate surface area is 176 Å². The molecule has 2 aliphatic rings. The summed E-state index contributed by atoms with van der Waals surface area (Å²) in [4.78, 5) is 28.8. The van der Waals surface area contributed by atoms with Crippen molar-refractivity contribution in [1.29, 1.82) is 0 Å². The van der Waals surface area contributed by atoms with Crippen LogP contribution in [0.15, 0.2) is 42.5 Å². The molecule has 0 bridgehead atoms. The van der Waals surface area contributed by atoms with E-state index in [-0.39, 0.29) is 18.6 Å². The third-order valence-electron chi connectivity index (χ3n) is 5.36. The van der Waals surface area contributed by atoms with Crippen molar-refractivity contribution in [1.82, 2.24) is 9.80 Å². The topological polar surface area (TPSA) is 68.3 Å². The first-order valence-electron chi connectivity index (χ1n) is 10.3. The fourth-order valence-electron chi connectivity index (χ4n) is 3.58. The van der Waals surface area contributed by atoms with E-state index in [1.54, 1.807) is 23.1 Å². The van der Waals surface area contributed by atoms with E-state index in [0.29, 0.717) is 62.7 Å². The fraction of sp³-hybridized carbons (Fsp3) is 0.391. The second-order valence-corrected chi connectivity index (χ2v) is 7.51. The monoisotopic (exact) mass is 410 g/mol. The molecule has 0 N–H and O–H groups in total. The molecule has 2 aromatic rings. The van der Waals surface area contributed by atoms with Gasteiger partial charge in [0.05, 0.1) is 6.61 Å². The van der Waals surface area contributed by atoms with Crippen molar-refractivity contribution in [2.24, 2.45) is 0 Å². The van der Waals surface area contributed by atoms with E-state index < -0.39 is 0 Å². The summed E-state index contributed by atoms with van der Waals surface area (Å²) in [7, 11) is 0. The van der Waals surface area contributed by atoms with Crippen LogP contribution in [0.25, 0.3) is 0 Å². The Kier molecular flexibility index (Phi) is 6.07. The largest absolute Gasteiger partial charge is 0.494 e. The molecule has 1 fully saturated rings. The molecule has 2 heterocycles. The summed E-state index contributed by atoms with van der Waals surface area (Å²) in [6, 6.07) is 13.1. The number of fused-ring (bicyclic) bond motifs is 1. The molecule has 1 saturated heterocycles. The number of nitrogens with zero attached hydrogens (tertiary/aromatic N) is 2. The van der Waals surface area contributed by atoms with Crippen LogP contribution in [0.2, 0.25) is 0 Å². The van der Waals surface area contributed by atoms with Crippen molar-refractivity contribution in [3.05, 3.63) is 53.6 Å². The molecule has 2 amide bonds. The third kappa shape index (κ3) is 4.67. The van der Waals surface area contributed by atoms with Gasteiger partial charge in [0.15, 0.2) is 11.5 Å². The molecular formula is C23H26N2O5. The number of aryl methyl sites for hydroxylation is 1. The summed E-state index contributed by atoms with van der Waals surface area (Å²) < 4.78 is 16.3. The molecule has 158 valence electrons. The van der Waals surface area contributed by atoms with E-state index >= 15 is 0 Å². The molecule has 0 aliphatic carbocycles. The maximum atomic E-state index is 12.8. The van der Waals surface area contributed by atoms with Crippen molar-refractivity contribution in [2.75, 3.05) is 39.6 Å². The van der Waals surface area contributed by atoms with Crippen LogP contribution in [0, 0.1) is 6.92 Å². The molecule has 2 aliphatic heterocycles. The molecule has 7 heteroatoms. The first-order valence-corrected chi connectivity index (χ1v) is 10.3. The number of rotatable bonds is 6. The molecule has 0 radical (unpaired) electrons. The highest BCUT2D eigenvalue weighted by Gasteiger charge is 2.26. The van der Waals surface area contributed by atoms with Gasteiger partial charge in [-0.25, -0.2) is 0 Å². The Balaban J connectivity index is 1.19. The number of piperazine rings is 1. The Morgan fingerprint density at radius 1 is 0.933 bits per heavy atom. The second-order valence-electron chi connectivity index (χ2n) is 7.51. The van der Waals surface area contributed by atoms with Crippen molar-refractivity contribution in [3.8, 4) is 17.2 Å². The molecular weight excluding hydrogens is 384 g/mol. The number of ether oxygens (including phenoxy) is 3. The predicted molar refractivity (Wildman–Crippen MR) is 111 cm³/mol. The lowest BCUT2D eigenvalue weighted by Crippen LogP contribution is -2.50. The lowest BCUT2D eigenvalue weighted by Gasteiger charge is -2.35. The summed E-state index contributed by atoms with van der Waals surface area (Å²) in [5.74, 6) is 2.14. The van der Waals surface area contributed by atoms with E-state index in [2.05, 4.69) is 0 Å². The van der Waals surface area contributed by atoms with Crippen molar-refractivity contribution < 1.29 is 23.8 Å². The van der Waals surface area contributed by atoms with Gasteiger partial charge in [-0.15, -0.1) is 0 Å². The van der Waals surface area contributed by atoms with Gasteiger partial charge in [0, 0.05) is 38.2 Å². The zero-order valence-corrected chi connectivity index (χ0v) is 17.1. The minimum atomic E-state index is -0.0492. The quantitative estimate of drug-likeness (QED) is 0.685. The summed E-state index contributed by atoms with van der Waals surface area (Å²) in [6.07, 6.45) is 1.12. The lowest BCUT2D eigenvalue weighted by atomic mass is 10.1. The average molecular weight is 410 g/mol. The molecule has 4 rings (SSSR count). The molecule has 30 heavy (non-hydrogen) atoms.